The van der Waals surface area contributed by atoms with Gasteiger partial charge in [0.2, 0.25) is 9.84 Å². The fraction of sp³-hybridized carbons (Fsp3) is 0.160. The van der Waals surface area contributed by atoms with Gasteiger partial charge in [-0.25, -0.2) is 8.42 Å². The Morgan fingerprint density at radius 2 is 1.38 bits per heavy atom. The summed E-state index contributed by atoms with van der Waals surface area (Å²) in [5.74, 6) is -0.941. The Labute approximate surface area is 187 Å². The fourth-order valence-corrected chi connectivity index (χ4v) is 5.39. The Bertz CT molecular complexity index is 1290. The molecule has 0 radical (unpaired) electrons. The predicted molar refractivity (Wildman–Crippen MR) is 122 cm³/mol. The number of amides is 1. The highest BCUT2D eigenvalue weighted by Crippen LogP contribution is 2.45. The van der Waals surface area contributed by atoms with Gasteiger partial charge in [-0.1, -0.05) is 47.5 Å². The topological polar surface area (TPSA) is 83.9 Å². The van der Waals surface area contributed by atoms with Crippen molar-refractivity contribution in [3.8, 4) is 5.75 Å². The van der Waals surface area contributed by atoms with Crippen LogP contribution in [0.25, 0.3) is 0 Å². The van der Waals surface area contributed by atoms with E-state index in [1.807, 2.05) is 26.0 Å². The van der Waals surface area contributed by atoms with Crippen molar-refractivity contribution in [1.82, 2.24) is 0 Å². The summed E-state index contributed by atoms with van der Waals surface area (Å²) in [5, 5.41) is 10.8. The molecule has 0 aromatic heterocycles. The lowest BCUT2D eigenvalue weighted by atomic mass is 10.1. The Morgan fingerprint density at radius 3 is 1.91 bits per heavy atom. The second kappa shape index (κ2) is 8.16. The summed E-state index contributed by atoms with van der Waals surface area (Å²) in [6, 6.07) is 19.2. The number of aryl methyl sites for hydroxylation is 2. The van der Waals surface area contributed by atoms with E-state index in [0.29, 0.717) is 17.0 Å². The van der Waals surface area contributed by atoms with Crippen LogP contribution in [0.4, 0.5) is 5.69 Å². The van der Waals surface area contributed by atoms with Crippen LogP contribution in [0.5, 0.6) is 5.75 Å². The van der Waals surface area contributed by atoms with Crippen LogP contribution in [0.3, 0.4) is 0 Å². The van der Waals surface area contributed by atoms with Crippen molar-refractivity contribution in [3.05, 3.63) is 100 Å². The number of ether oxygens (including phenoxy) is 1. The number of hydrogen-bond donors (Lipinski definition) is 1. The lowest BCUT2D eigenvalue weighted by molar-refractivity contribution is -0.117. The van der Waals surface area contributed by atoms with Gasteiger partial charge in [0.25, 0.3) is 5.91 Å². The van der Waals surface area contributed by atoms with E-state index < -0.39 is 27.5 Å². The molecule has 1 heterocycles. The predicted octanol–water partition coefficient (Wildman–Crippen LogP) is 4.64. The number of methoxy groups -OCH3 is 1. The van der Waals surface area contributed by atoms with Gasteiger partial charge in [-0.3, -0.25) is 9.69 Å². The number of carbonyl (C=O) groups excluding carboxylic acids is 1. The molecule has 1 aliphatic rings. The summed E-state index contributed by atoms with van der Waals surface area (Å²) >= 11 is 0. The Morgan fingerprint density at radius 1 is 0.844 bits per heavy atom. The SMILES string of the molecule is COc1ccc([C@H]2C(S(=O)(=O)c3ccc(C)cc3)=C(O)C(=O)N2c2ccc(C)cc2)cc1. The fourth-order valence-electron chi connectivity index (χ4n) is 3.76. The smallest absolute Gasteiger partial charge is 0.295 e. The van der Waals surface area contributed by atoms with Gasteiger partial charge in [0.15, 0.2) is 5.76 Å². The molecule has 0 spiro atoms. The number of sulfone groups is 1. The molecule has 4 rings (SSSR count). The maximum Gasteiger partial charge on any atom is 0.295 e. The first-order valence-electron chi connectivity index (χ1n) is 10.0. The molecule has 32 heavy (non-hydrogen) atoms. The molecule has 1 aliphatic heterocycles. The number of carbonyl (C=O) groups is 1. The summed E-state index contributed by atoms with van der Waals surface area (Å²) in [6.07, 6.45) is 0. The second-order valence-electron chi connectivity index (χ2n) is 7.72. The lowest BCUT2D eigenvalue weighted by Gasteiger charge is -2.27. The Hall–Kier alpha value is -3.58. The molecule has 0 fully saturated rings. The molecule has 0 saturated carbocycles. The van der Waals surface area contributed by atoms with Crippen LogP contribution < -0.4 is 9.64 Å². The first kappa shape index (κ1) is 21.6. The zero-order chi connectivity index (χ0) is 23.0. The molecule has 0 saturated heterocycles. The summed E-state index contributed by atoms with van der Waals surface area (Å²) in [4.78, 5) is 14.2. The maximum atomic E-state index is 13.6. The maximum absolute atomic E-state index is 13.6. The van der Waals surface area contributed by atoms with Gasteiger partial charge in [-0.05, 0) is 55.8 Å². The van der Waals surface area contributed by atoms with E-state index in [1.165, 1.54) is 24.1 Å². The zero-order valence-electron chi connectivity index (χ0n) is 17.9. The average molecular weight is 450 g/mol. The molecule has 0 aliphatic carbocycles. The van der Waals surface area contributed by atoms with E-state index in [9.17, 15) is 18.3 Å². The third-order valence-corrected chi connectivity index (χ3v) is 7.41. The normalized spacial score (nSPS) is 16.5. The van der Waals surface area contributed by atoms with Crippen LogP contribution in [-0.4, -0.2) is 26.5 Å². The van der Waals surface area contributed by atoms with Crippen LogP contribution in [0.2, 0.25) is 0 Å². The van der Waals surface area contributed by atoms with Crippen molar-refractivity contribution < 1.29 is 23.1 Å². The molecule has 3 aromatic carbocycles. The van der Waals surface area contributed by atoms with Crippen LogP contribution in [0.1, 0.15) is 22.7 Å². The average Bonchev–Trinajstić information content (AvgIpc) is 3.06. The Balaban J connectivity index is 1.92. The standard InChI is InChI=1S/C25H23NO5S/c1-16-4-10-19(11-5-16)26-22(18-8-12-20(31-3)13-9-18)24(23(27)25(26)28)32(29,30)21-14-6-17(2)7-15-21/h4-15,22,27H,1-3H3/t22-/m0/s1. The third-order valence-electron chi connectivity index (χ3n) is 5.53. The first-order valence-corrected chi connectivity index (χ1v) is 11.5. The van der Waals surface area contributed by atoms with Crippen molar-refractivity contribution in [2.45, 2.75) is 24.8 Å². The molecule has 1 atom stereocenters. The van der Waals surface area contributed by atoms with E-state index >= 15 is 0 Å². The number of nitrogens with zero attached hydrogens (tertiary/aromatic N) is 1. The number of rotatable bonds is 5. The van der Waals surface area contributed by atoms with E-state index in [-0.39, 0.29) is 9.80 Å². The van der Waals surface area contributed by atoms with Crippen LogP contribution in [0, 0.1) is 13.8 Å². The molecule has 0 bridgehead atoms. The summed E-state index contributed by atoms with van der Waals surface area (Å²) in [6.45, 7) is 3.77. The summed E-state index contributed by atoms with van der Waals surface area (Å²) in [5.41, 5.74) is 2.92. The summed E-state index contributed by atoms with van der Waals surface area (Å²) < 4.78 is 32.4. The highest BCUT2D eigenvalue weighted by molar-refractivity contribution is 7.95. The van der Waals surface area contributed by atoms with Gasteiger partial charge in [0.05, 0.1) is 12.0 Å². The molecule has 1 N–H and O–H groups in total. The first-order chi connectivity index (χ1) is 15.2. The van der Waals surface area contributed by atoms with Gasteiger partial charge < -0.3 is 9.84 Å². The lowest BCUT2D eigenvalue weighted by Crippen LogP contribution is -2.31. The second-order valence-corrected chi connectivity index (χ2v) is 9.63. The van der Waals surface area contributed by atoms with E-state index in [1.54, 1.807) is 48.5 Å². The monoisotopic (exact) mass is 449 g/mol. The number of anilines is 1. The molecule has 7 heteroatoms. The van der Waals surface area contributed by atoms with Gasteiger partial charge in [-0.15, -0.1) is 0 Å². The Kier molecular flexibility index (Phi) is 5.52. The van der Waals surface area contributed by atoms with Gasteiger partial charge in [0, 0.05) is 5.69 Å². The molecule has 164 valence electrons. The molecule has 6 nitrogen and oxygen atoms in total. The van der Waals surface area contributed by atoms with Crippen molar-refractivity contribution in [2.24, 2.45) is 0 Å². The number of benzene rings is 3. The van der Waals surface area contributed by atoms with Gasteiger partial charge >= 0.3 is 0 Å². The number of aliphatic hydroxyl groups is 1. The molecular formula is C25H23NO5S. The quantitative estimate of drug-likeness (QED) is 0.613. The highest BCUT2D eigenvalue weighted by Gasteiger charge is 2.47. The van der Waals surface area contributed by atoms with Crippen molar-refractivity contribution in [1.29, 1.82) is 0 Å². The minimum absolute atomic E-state index is 0.0155. The van der Waals surface area contributed by atoms with Crippen molar-refractivity contribution >= 4 is 21.4 Å². The molecule has 3 aromatic rings. The van der Waals surface area contributed by atoms with Gasteiger partial charge in [0.1, 0.15) is 16.7 Å². The largest absolute Gasteiger partial charge is 0.502 e. The van der Waals surface area contributed by atoms with Crippen LogP contribution >= 0.6 is 0 Å². The van der Waals surface area contributed by atoms with E-state index in [4.69, 9.17) is 4.74 Å². The van der Waals surface area contributed by atoms with E-state index in [0.717, 1.165) is 11.1 Å². The highest BCUT2D eigenvalue weighted by atomic mass is 32.2. The molecule has 0 unspecified atom stereocenters. The van der Waals surface area contributed by atoms with Crippen LogP contribution in [0.15, 0.2) is 88.4 Å². The number of hydrogen-bond acceptors (Lipinski definition) is 5. The molecule has 1 amide bonds. The van der Waals surface area contributed by atoms with Crippen molar-refractivity contribution in [3.63, 3.8) is 0 Å². The van der Waals surface area contributed by atoms with Crippen molar-refractivity contribution in [2.75, 3.05) is 12.0 Å². The van der Waals surface area contributed by atoms with Gasteiger partial charge in [-0.2, -0.15) is 0 Å². The van der Waals surface area contributed by atoms with E-state index in [2.05, 4.69) is 0 Å². The minimum atomic E-state index is -4.16. The zero-order valence-corrected chi connectivity index (χ0v) is 18.8. The molecular weight excluding hydrogens is 426 g/mol. The third kappa shape index (κ3) is 3.65. The van der Waals surface area contributed by atoms with Crippen LogP contribution in [-0.2, 0) is 14.6 Å². The number of aliphatic hydroxyl groups excluding tert-OH is 1. The summed E-state index contributed by atoms with van der Waals surface area (Å²) in [7, 11) is -2.63. The minimum Gasteiger partial charge on any atom is -0.502 e.